The molecule has 0 radical (unpaired) electrons. The Morgan fingerprint density at radius 3 is 2.27 bits per heavy atom. The van der Waals surface area contributed by atoms with E-state index >= 15 is 0 Å². The highest BCUT2D eigenvalue weighted by Gasteiger charge is 2.31. The molecule has 4 aliphatic rings. The smallest absolute Gasteiger partial charge is 0.0719 e. The Balaban J connectivity index is 1.43. The Kier molecular flexibility index (Phi) is 3.14. The molecule has 1 atom stereocenters. The molecule has 0 saturated carbocycles. The van der Waals surface area contributed by atoms with Gasteiger partial charge < -0.3 is 0 Å². The third kappa shape index (κ3) is 2.08. The van der Waals surface area contributed by atoms with Crippen molar-refractivity contribution in [3.8, 4) is 0 Å². The quantitative estimate of drug-likeness (QED) is 0.429. The van der Waals surface area contributed by atoms with Gasteiger partial charge in [-0.2, -0.15) is 0 Å². The summed E-state index contributed by atoms with van der Waals surface area (Å²) < 4.78 is 0. The average molecular weight is 382 g/mol. The Morgan fingerprint density at radius 1 is 0.700 bits per heavy atom. The van der Waals surface area contributed by atoms with Crippen LogP contribution in [0.3, 0.4) is 0 Å². The number of benzene rings is 3. The molecule has 0 N–H and O–H groups in total. The van der Waals surface area contributed by atoms with E-state index in [0.717, 1.165) is 23.5 Å². The largest absolute Gasteiger partial charge is 0.252 e. The zero-order valence-electron chi connectivity index (χ0n) is 16.3. The second-order valence-corrected chi connectivity index (χ2v) is 8.14. The summed E-state index contributed by atoms with van der Waals surface area (Å²) in [5.41, 5.74) is 10.8. The zero-order valence-corrected chi connectivity index (χ0v) is 16.3. The van der Waals surface area contributed by atoms with E-state index in [1.807, 2.05) is 0 Å². The Bertz CT molecular complexity index is 1440. The van der Waals surface area contributed by atoms with Crippen LogP contribution in [-0.4, -0.2) is 11.4 Å². The van der Waals surface area contributed by atoms with Crippen LogP contribution < -0.4 is 0 Å². The minimum Gasteiger partial charge on any atom is -0.252 e. The SMILES string of the molecule is C1=CCC2=Nc3ccc4c5c(ccc4c3C2=C1)N=C1C5=CC=CC1c1ccccc1. The predicted octanol–water partition coefficient (Wildman–Crippen LogP) is 7.09. The third-order valence-electron chi connectivity index (χ3n) is 6.51. The minimum atomic E-state index is 0.198. The fourth-order valence-corrected chi connectivity index (χ4v) is 5.17. The van der Waals surface area contributed by atoms with Crippen molar-refractivity contribution in [2.24, 2.45) is 9.98 Å². The van der Waals surface area contributed by atoms with E-state index in [4.69, 9.17) is 9.98 Å². The highest BCUT2D eigenvalue weighted by Crippen LogP contribution is 2.49. The summed E-state index contributed by atoms with van der Waals surface area (Å²) in [6, 6.07) is 19.5. The maximum absolute atomic E-state index is 5.10. The van der Waals surface area contributed by atoms with E-state index in [0.29, 0.717) is 0 Å². The Hall–Kier alpha value is -3.78. The molecule has 1 unspecified atom stereocenters. The molecule has 2 aliphatic carbocycles. The number of nitrogens with zero attached hydrogens (tertiary/aromatic N) is 2. The lowest BCUT2D eigenvalue weighted by atomic mass is 9.83. The molecule has 3 aromatic carbocycles. The second-order valence-electron chi connectivity index (χ2n) is 8.14. The van der Waals surface area contributed by atoms with Crippen LogP contribution in [0.5, 0.6) is 0 Å². The van der Waals surface area contributed by atoms with Crippen LogP contribution in [0.1, 0.15) is 29.0 Å². The van der Waals surface area contributed by atoms with Gasteiger partial charge in [-0.25, -0.2) is 0 Å². The summed E-state index contributed by atoms with van der Waals surface area (Å²) >= 11 is 0. The number of aliphatic imine (C=N–C) groups is 2. The lowest BCUT2D eigenvalue weighted by Gasteiger charge is -2.19. The van der Waals surface area contributed by atoms with Gasteiger partial charge in [0, 0.05) is 34.6 Å². The molecular formula is C28H18N2. The van der Waals surface area contributed by atoms with Crippen LogP contribution in [-0.2, 0) is 0 Å². The molecule has 0 amide bonds. The number of fused-ring (bicyclic) bond motifs is 9. The molecule has 140 valence electrons. The monoisotopic (exact) mass is 382 g/mol. The number of hydrogen-bond acceptors (Lipinski definition) is 2. The molecule has 0 saturated heterocycles. The highest BCUT2D eigenvalue weighted by molar-refractivity contribution is 6.37. The van der Waals surface area contributed by atoms with Crippen LogP contribution in [0.2, 0.25) is 0 Å². The Morgan fingerprint density at radius 2 is 1.43 bits per heavy atom. The topological polar surface area (TPSA) is 24.7 Å². The van der Waals surface area contributed by atoms with Gasteiger partial charge in [0.1, 0.15) is 0 Å². The lowest BCUT2D eigenvalue weighted by Crippen LogP contribution is -2.12. The fraction of sp³-hybridized carbons (Fsp3) is 0.0714. The summed E-state index contributed by atoms with van der Waals surface area (Å²) in [5, 5.41) is 2.54. The molecule has 2 heterocycles. The molecule has 3 aromatic rings. The van der Waals surface area contributed by atoms with Crippen LogP contribution in [0.15, 0.2) is 101 Å². The van der Waals surface area contributed by atoms with E-state index in [1.54, 1.807) is 0 Å². The van der Waals surface area contributed by atoms with Crippen LogP contribution in [0.4, 0.5) is 11.4 Å². The van der Waals surface area contributed by atoms with Crippen molar-refractivity contribution < 1.29 is 0 Å². The number of allylic oxidation sites excluding steroid dienone is 8. The lowest BCUT2D eigenvalue weighted by molar-refractivity contribution is 1.14. The summed E-state index contributed by atoms with van der Waals surface area (Å²) in [6.45, 7) is 0. The van der Waals surface area contributed by atoms with Gasteiger partial charge in [-0.05, 0) is 28.5 Å². The molecule has 0 spiro atoms. The molecule has 2 aliphatic heterocycles. The van der Waals surface area contributed by atoms with E-state index in [-0.39, 0.29) is 5.92 Å². The predicted molar refractivity (Wildman–Crippen MR) is 126 cm³/mol. The maximum Gasteiger partial charge on any atom is 0.0719 e. The summed E-state index contributed by atoms with van der Waals surface area (Å²) in [5.74, 6) is 0.198. The van der Waals surface area contributed by atoms with Gasteiger partial charge in [0.25, 0.3) is 0 Å². The van der Waals surface area contributed by atoms with E-state index in [9.17, 15) is 0 Å². The van der Waals surface area contributed by atoms with Crippen molar-refractivity contribution in [1.82, 2.24) is 0 Å². The highest BCUT2D eigenvalue weighted by atomic mass is 14.8. The first-order valence-corrected chi connectivity index (χ1v) is 10.5. The van der Waals surface area contributed by atoms with Gasteiger partial charge >= 0.3 is 0 Å². The summed E-state index contributed by atoms with van der Waals surface area (Å²) in [7, 11) is 0. The van der Waals surface area contributed by atoms with Crippen LogP contribution in [0, 0.1) is 0 Å². The molecule has 2 heteroatoms. The van der Waals surface area contributed by atoms with Gasteiger partial charge in [0.15, 0.2) is 0 Å². The first kappa shape index (κ1) is 16.1. The molecule has 0 fully saturated rings. The molecular weight excluding hydrogens is 364 g/mol. The van der Waals surface area contributed by atoms with Crippen molar-refractivity contribution in [1.29, 1.82) is 0 Å². The van der Waals surface area contributed by atoms with Gasteiger partial charge in [-0.3, -0.25) is 9.98 Å². The molecule has 0 bridgehead atoms. The van der Waals surface area contributed by atoms with Crippen LogP contribution in [0.25, 0.3) is 21.9 Å². The van der Waals surface area contributed by atoms with Crippen molar-refractivity contribution in [2.45, 2.75) is 12.3 Å². The number of hydrogen-bond donors (Lipinski definition) is 0. The van der Waals surface area contributed by atoms with E-state index < -0.39 is 0 Å². The van der Waals surface area contributed by atoms with Gasteiger partial charge in [-0.15, -0.1) is 0 Å². The fourth-order valence-electron chi connectivity index (χ4n) is 5.17. The third-order valence-corrected chi connectivity index (χ3v) is 6.51. The van der Waals surface area contributed by atoms with E-state index in [2.05, 4.69) is 91.1 Å². The summed E-state index contributed by atoms with van der Waals surface area (Å²) in [4.78, 5) is 9.99. The molecule has 30 heavy (non-hydrogen) atoms. The van der Waals surface area contributed by atoms with Crippen molar-refractivity contribution in [3.63, 3.8) is 0 Å². The second kappa shape index (κ2) is 5.87. The molecule has 2 nitrogen and oxygen atoms in total. The normalized spacial score (nSPS) is 20.1. The van der Waals surface area contributed by atoms with E-state index in [1.165, 1.54) is 44.3 Å². The minimum absolute atomic E-state index is 0.198. The summed E-state index contributed by atoms with van der Waals surface area (Å²) in [6.07, 6.45) is 14.1. The van der Waals surface area contributed by atoms with Crippen molar-refractivity contribution in [2.75, 3.05) is 0 Å². The first-order valence-electron chi connectivity index (χ1n) is 10.5. The molecule has 0 aromatic heterocycles. The van der Waals surface area contributed by atoms with Crippen molar-refractivity contribution >= 4 is 44.7 Å². The maximum atomic E-state index is 5.10. The van der Waals surface area contributed by atoms with Crippen molar-refractivity contribution in [3.05, 3.63) is 108 Å². The van der Waals surface area contributed by atoms with Gasteiger partial charge in [-0.1, -0.05) is 78.9 Å². The van der Waals surface area contributed by atoms with Crippen LogP contribution >= 0.6 is 0 Å². The zero-order chi connectivity index (χ0) is 19.7. The average Bonchev–Trinajstić information content (AvgIpc) is 3.37. The first-order chi connectivity index (χ1) is 14.9. The molecule has 7 rings (SSSR count). The van der Waals surface area contributed by atoms with Gasteiger partial charge in [0.2, 0.25) is 0 Å². The Labute approximate surface area is 175 Å². The number of rotatable bonds is 1. The standard InChI is InChI=1S/C28H18N2/c1-2-7-17(8-3-1)18-10-6-11-22-27-20-13-15-24-26(21-9-4-5-12-23(21)29-24)19(20)14-16-25(27)30-28(18)22/h1-11,13-16,18H,12H2. The van der Waals surface area contributed by atoms with Gasteiger partial charge in [0.05, 0.1) is 22.8 Å².